The summed E-state index contributed by atoms with van der Waals surface area (Å²) in [5.74, 6) is 0. The molecule has 2 aromatic rings. The Hall–Kier alpha value is -2.31. The molecule has 0 heterocycles. The van der Waals surface area contributed by atoms with E-state index in [2.05, 4.69) is 11.0 Å². The van der Waals surface area contributed by atoms with E-state index < -0.39 is 6.10 Å². The van der Waals surface area contributed by atoms with Gasteiger partial charge in [-0.25, -0.2) is 0 Å². The summed E-state index contributed by atoms with van der Waals surface area (Å²) in [6, 6.07) is 17.6. The first-order chi connectivity index (χ1) is 9.60. The molecule has 2 aromatic carbocycles. The van der Waals surface area contributed by atoms with Crippen molar-refractivity contribution in [1.82, 2.24) is 0 Å². The van der Waals surface area contributed by atoms with Gasteiger partial charge in [-0.15, -0.1) is 0 Å². The summed E-state index contributed by atoms with van der Waals surface area (Å²) in [5, 5.41) is 18.4. The lowest BCUT2D eigenvalue weighted by Crippen LogP contribution is -2.16. The Balaban J connectivity index is 2.11. The Morgan fingerprint density at radius 3 is 2.50 bits per heavy atom. The molecule has 0 bridgehead atoms. The number of benzene rings is 2. The van der Waals surface area contributed by atoms with E-state index in [4.69, 9.17) is 5.26 Å². The van der Waals surface area contributed by atoms with Crippen LogP contribution in [0.25, 0.3) is 0 Å². The molecule has 20 heavy (non-hydrogen) atoms. The quantitative estimate of drug-likeness (QED) is 0.924. The average molecular weight is 266 g/mol. The average Bonchev–Trinajstić information content (AvgIpc) is 2.47. The highest BCUT2D eigenvalue weighted by atomic mass is 16.3. The minimum atomic E-state index is -0.443. The van der Waals surface area contributed by atoms with E-state index in [-0.39, 0.29) is 0 Å². The summed E-state index contributed by atoms with van der Waals surface area (Å²) < 4.78 is 0. The van der Waals surface area contributed by atoms with E-state index in [1.165, 1.54) is 0 Å². The van der Waals surface area contributed by atoms with Crippen molar-refractivity contribution < 1.29 is 5.11 Å². The fourth-order valence-corrected chi connectivity index (χ4v) is 2.11. The predicted molar refractivity (Wildman–Crippen MR) is 80.3 cm³/mol. The number of anilines is 1. The lowest BCUT2D eigenvalue weighted by Gasteiger charge is -2.20. The van der Waals surface area contributed by atoms with Crippen LogP contribution in [0.1, 0.15) is 29.7 Å². The molecular weight excluding hydrogens is 248 g/mol. The molecular formula is C17H18N2O. The van der Waals surface area contributed by atoms with Crippen LogP contribution in [0.3, 0.4) is 0 Å². The van der Waals surface area contributed by atoms with E-state index >= 15 is 0 Å². The Bertz CT molecular complexity index is 612. The first-order valence-electron chi connectivity index (χ1n) is 6.58. The number of nitrogens with zero attached hydrogens (tertiary/aromatic N) is 2. The zero-order valence-electron chi connectivity index (χ0n) is 11.7. The molecule has 3 nitrogen and oxygen atoms in total. The third-order valence-electron chi connectivity index (χ3n) is 3.29. The highest BCUT2D eigenvalue weighted by Gasteiger charge is 2.05. The molecule has 0 saturated heterocycles. The van der Waals surface area contributed by atoms with Gasteiger partial charge in [0, 0.05) is 19.3 Å². The zero-order chi connectivity index (χ0) is 14.5. The highest BCUT2D eigenvalue weighted by molar-refractivity contribution is 5.48. The molecule has 1 atom stereocenters. The van der Waals surface area contributed by atoms with Crippen molar-refractivity contribution in [3.05, 3.63) is 65.2 Å². The normalized spacial score (nSPS) is 11.7. The molecule has 0 amide bonds. The van der Waals surface area contributed by atoms with E-state index in [1.54, 1.807) is 13.0 Å². The molecule has 0 aliphatic heterocycles. The van der Waals surface area contributed by atoms with Gasteiger partial charge in [0.15, 0.2) is 0 Å². The largest absolute Gasteiger partial charge is 0.389 e. The molecule has 2 rings (SSSR count). The smallest absolute Gasteiger partial charge is 0.0991 e. The molecule has 1 N–H and O–H groups in total. The van der Waals surface area contributed by atoms with Crippen LogP contribution in [0.15, 0.2) is 48.5 Å². The van der Waals surface area contributed by atoms with Gasteiger partial charge < -0.3 is 10.0 Å². The van der Waals surface area contributed by atoms with Crippen LogP contribution in [0.4, 0.5) is 5.69 Å². The first kappa shape index (κ1) is 14.1. The standard InChI is InChI=1S/C17H18N2O/c1-13(20)16-6-8-17(9-7-16)19(2)12-15-5-3-4-14(10-15)11-18/h3-10,13,20H,12H2,1-2H3/t13-/m1/s1. The number of aliphatic hydroxyl groups excluding tert-OH is 1. The highest BCUT2D eigenvalue weighted by Crippen LogP contribution is 2.19. The van der Waals surface area contributed by atoms with E-state index in [0.29, 0.717) is 5.56 Å². The summed E-state index contributed by atoms with van der Waals surface area (Å²) in [6.45, 7) is 2.50. The van der Waals surface area contributed by atoms with Gasteiger partial charge in [-0.2, -0.15) is 5.26 Å². The van der Waals surface area contributed by atoms with E-state index in [0.717, 1.165) is 23.4 Å². The Morgan fingerprint density at radius 1 is 1.20 bits per heavy atom. The van der Waals surface area contributed by atoms with Crippen molar-refractivity contribution >= 4 is 5.69 Å². The van der Waals surface area contributed by atoms with Gasteiger partial charge >= 0.3 is 0 Å². The summed E-state index contributed by atoms with van der Waals surface area (Å²) in [6.07, 6.45) is -0.443. The minimum Gasteiger partial charge on any atom is -0.389 e. The monoisotopic (exact) mass is 266 g/mol. The van der Waals surface area contributed by atoms with Crippen LogP contribution in [0.2, 0.25) is 0 Å². The lowest BCUT2D eigenvalue weighted by atomic mass is 10.1. The topological polar surface area (TPSA) is 47.3 Å². The number of aliphatic hydroxyl groups is 1. The van der Waals surface area contributed by atoms with Gasteiger partial charge in [-0.05, 0) is 42.3 Å². The van der Waals surface area contributed by atoms with Gasteiger partial charge in [0.25, 0.3) is 0 Å². The van der Waals surface area contributed by atoms with Crippen LogP contribution in [0.5, 0.6) is 0 Å². The Labute approximate surface area is 119 Å². The molecule has 0 aliphatic carbocycles. The second-order valence-corrected chi connectivity index (χ2v) is 4.94. The van der Waals surface area contributed by atoms with Crippen molar-refractivity contribution in [2.75, 3.05) is 11.9 Å². The van der Waals surface area contributed by atoms with E-state index in [9.17, 15) is 5.11 Å². The molecule has 0 unspecified atom stereocenters. The number of nitriles is 1. The SMILES string of the molecule is C[C@@H](O)c1ccc(N(C)Cc2cccc(C#N)c2)cc1. The van der Waals surface area contributed by atoms with Crippen LogP contribution < -0.4 is 4.90 Å². The van der Waals surface area contributed by atoms with Crippen molar-refractivity contribution in [3.63, 3.8) is 0 Å². The third kappa shape index (κ3) is 3.37. The zero-order valence-corrected chi connectivity index (χ0v) is 11.7. The lowest BCUT2D eigenvalue weighted by molar-refractivity contribution is 0.199. The maximum Gasteiger partial charge on any atom is 0.0991 e. The fourth-order valence-electron chi connectivity index (χ4n) is 2.11. The van der Waals surface area contributed by atoms with E-state index in [1.807, 2.05) is 49.5 Å². The summed E-state index contributed by atoms with van der Waals surface area (Å²) in [5.41, 5.74) is 3.77. The second-order valence-electron chi connectivity index (χ2n) is 4.94. The molecule has 102 valence electrons. The molecule has 0 radical (unpaired) electrons. The Kier molecular flexibility index (Phi) is 4.39. The van der Waals surface area contributed by atoms with Crippen LogP contribution in [0, 0.1) is 11.3 Å². The number of hydrogen-bond donors (Lipinski definition) is 1. The third-order valence-corrected chi connectivity index (χ3v) is 3.29. The van der Waals surface area contributed by atoms with Crippen LogP contribution >= 0.6 is 0 Å². The second kappa shape index (κ2) is 6.23. The maximum absolute atomic E-state index is 9.50. The minimum absolute atomic E-state index is 0.443. The number of hydrogen-bond acceptors (Lipinski definition) is 3. The molecule has 0 spiro atoms. The van der Waals surface area contributed by atoms with Gasteiger partial charge in [0.05, 0.1) is 17.7 Å². The van der Waals surface area contributed by atoms with Crippen molar-refractivity contribution in [2.45, 2.75) is 19.6 Å². The molecule has 0 fully saturated rings. The first-order valence-corrected chi connectivity index (χ1v) is 6.58. The van der Waals surface area contributed by atoms with Crippen LogP contribution in [-0.4, -0.2) is 12.2 Å². The van der Waals surface area contributed by atoms with Gasteiger partial charge in [0.2, 0.25) is 0 Å². The van der Waals surface area contributed by atoms with Gasteiger partial charge in [-0.1, -0.05) is 24.3 Å². The van der Waals surface area contributed by atoms with Crippen molar-refractivity contribution in [3.8, 4) is 6.07 Å². The molecule has 0 saturated carbocycles. The Morgan fingerprint density at radius 2 is 1.90 bits per heavy atom. The summed E-state index contributed by atoms with van der Waals surface area (Å²) in [7, 11) is 2.01. The van der Waals surface area contributed by atoms with Crippen molar-refractivity contribution in [1.29, 1.82) is 5.26 Å². The van der Waals surface area contributed by atoms with Crippen LogP contribution in [-0.2, 0) is 6.54 Å². The maximum atomic E-state index is 9.50. The van der Waals surface area contributed by atoms with Gasteiger partial charge in [-0.3, -0.25) is 0 Å². The molecule has 0 aliphatic rings. The summed E-state index contributed by atoms with van der Waals surface area (Å²) >= 11 is 0. The molecule has 3 heteroatoms. The predicted octanol–water partition coefficient (Wildman–Crippen LogP) is 3.25. The van der Waals surface area contributed by atoms with Crippen molar-refractivity contribution in [2.24, 2.45) is 0 Å². The number of rotatable bonds is 4. The summed E-state index contributed by atoms with van der Waals surface area (Å²) in [4.78, 5) is 2.11. The molecule has 0 aromatic heterocycles. The fraction of sp³-hybridized carbons (Fsp3) is 0.235. The van der Waals surface area contributed by atoms with Gasteiger partial charge in [0.1, 0.15) is 0 Å².